The predicted octanol–water partition coefficient (Wildman–Crippen LogP) is 3.48. The highest BCUT2D eigenvalue weighted by atomic mass is 16.1. The molecule has 0 bridgehead atoms. The lowest BCUT2D eigenvalue weighted by molar-refractivity contribution is 0.0928. The van der Waals surface area contributed by atoms with Gasteiger partial charge in [0.25, 0.3) is 5.91 Å². The molecule has 1 heterocycles. The number of hydrogen-bond acceptors (Lipinski definition) is 1. The van der Waals surface area contributed by atoms with E-state index in [1.54, 1.807) is 0 Å². The second-order valence-corrected chi connectivity index (χ2v) is 5.53. The van der Waals surface area contributed by atoms with Crippen molar-refractivity contribution in [3.05, 3.63) is 36.0 Å². The van der Waals surface area contributed by atoms with E-state index in [0.717, 1.165) is 29.7 Å². The molecule has 19 heavy (non-hydrogen) atoms. The highest BCUT2D eigenvalue weighted by Crippen LogP contribution is 2.34. The van der Waals surface area contributed by atoms with Crippen LogP contribution in [0.15, 0.2) is 30.3 Å². The van der Waals surface area contributed by atoms with Crippen molar-refractivity contribution in [2.24, 2.45) is 5.92 Å². The fourth-order valence-electron chi connectivity index (χ4n) is 2.54. The van der Waals surface area contributed by atoms with Crippen LogP contribution in [0.2, 0.25) is 0 Å². The van der Waals surface area contributed by atoms with E-state index in [9.17, 15) is 4.79 Å². The van der Waals surface area contributed by atoms with Crippen LogP contribution in [0.1, 0.15) is 43.1 Å². The molecule has 0 radical (unpaired) electrons. The molecule has 0 aliphatic heterocycles. The van der Waals surface area contributed by atoms with Crippen LogP contribution in [0.4, 0.5) is 0 Å². The Hall–Kier alpha value is -1.77. The smallest absolute Gasteiger partial charge is 0.267 e. The molecule has 3 nitrogen and oxygen atoms in total. The van der Waals surface area contributed by atoms with Crippen LogP contribution in [0.5, 0.6) is 0 Å². The van der Waals surface area contributed by atoms with Crippen LogP contribution in [0, 0.1) is 5.92 Å². The van der Waals surface area contributed by atoms with Crippen LogP contribution in [0.3, 0.4) is 0 Å². The Morgan fingerprint density at radius 3 is 2.89 bits per heavy atom. The number of carbonyl (C=O) groups is 1. The molecule has 1 aromatic carbocycles. The summed E-state index contributed by atoms with van der Waals surface area (Å²) in [6.07, 6.45) is 4.79. The van der Waals surface area contributed by atoms with Gasteiger partial charge < -0.3 is 10.3 Å². The van der Waals surface area contributed by atoms with Gasteiger partial charge in [0.15, 0.2) is 0 Å². The van der Waals surface area contributed by atoms with E-state index in [0.29, 0.717) is 11.7 Å². The van der Waals surface area contributed by atoms with Crippen molar-refractivity contribution in [3.8, 4) is 0 Å². The van der Waals surface area contributed by atoms with Crippen molar-refractivity contribution in [1.82, 2.24) is 10.3 Å². The maximum atomic E-state index is 12.2. The molecule has 1 saturated carbocycles. The molecule has 1 aliphatic carbocycles. The SMILES string of the molecule is CCC(CC1CC1)NC(=O)c1cc2ccccc2[nH]1. The van der Waals surface area contributed by atoms with Gasteiger partial charge in [0.05, 0.1) is 0 Å². The van der Waals surface area contributed by atoms with E-state index in [1.165, 1.54) is 12.8 Å². The van der Waals surface area contributed by atoms with Gasteiger partial charge in [0.2, 0.25) is 0 Å². The first kappa shape index (κ1) is 12.3. The highest BCUT2D eigenvalue weighted by molar-refractivity contribution is 5.98. The summed E-state index contributed by atoms with van der Waals surface area (Å²) in [6.45, 7) is 2.14. The monoisotopic (exact) mass is 256 g/mol. The van der Waals surface area contributed by atoms with Crippen molar-refractivity contribution in [3.63, 3.8) is 0 Å². The molecule has 1 aliphatic rings. The molecule has 100 valence electrons. The molecular weight excluding hydrogens is 236 g/mol. The third-order valence-electron chi connectivity index (χ3n) is 3.92. The number of carbonyl (C=O) groups excluding carboxylic acids is 1. The van der Waals surface area contributed by atoms with Gasteiger partial charge in [-0.3, -0.25) is 4.79 Å². The zero-order valence-corrected chi connectivity index (χ0v) is 11.3. The average Bonchev–Trinajstić information content (AvgIpc) is 3.13. The zero-order valence-electron chi connectivity index (χ0n) is 11.3. The summed E-state index contributed by atoms with van der Waals surface area (Å²) < 4.78 is 0. The highest BCUT2D eigenvalue weighted by Gasteiger charge is 2.25. The first-order valence-corrected chi connectivity index (χ1v) is 7.15. The Bertz CT molecular complexity index is 550. The van der Waals surface area contributed by atoms with Crippen molar-refractivity contribution in [2.45, 2.75) is 38.6 Å². The topological polar surface area (TPSA) is 44.9 Å². The molecule has 2 N–H and O–H groups in total. The van der Waals surface area contributed by atoms with Crippen molar-refractivity contribution >= 4 is 16.8 Å². The number of amides is 1. The summed E-state index contributed by atoms with van der Waals surface area (Å²) >= 11 is 0. The Morgan fingerprint density at radius 1 is 1.42 bits per heavy atom. The summed E-state index contributed by atoms with van der Waals surface area (Å²) in [5, 5.41) is 4.23. The van der Waals surface area contributed by atoms with Gasteiger partial charge in [-0.2, -0.15) is 0 Å². The normalized spacial score (nSPS) is 16.5. The lowest BCUT2D eigenvalue weighted by Crippen LogP contribution is -2.34. The maximum Gasteiger partial charge on any atom is 0.267 e. The average molecular weight is 256 g/mol. The molecule has 2 aromatic rings. The number of benzene rings is 1. The van der Waals surface area contributed by atoms with Gasteiger partial charge in [-0.15, -0.1) is 0 Å². The number of fused-ring (bicyclic) bond motifs is 1. The molecule has 0 saturated heterocycles. The minimum atomic E-state index is 0.0173. The van der Waals surface area contributed by atoms with E-state index in [-0.39, 0.29) is 5.91 Å². The summed E-state index contributed by atoms with van der Waals surface area (Å²) in [7, 11) is 0. The fourth-order valence-corrected chi connectivity index (χ4v) is 2.54. The molecule has 1 fully saturated rings. The Morgan fingerprint density at radius 2 is 2.21 bits per heavy atom. The first-order chi connectivity index (χ1) is 9.26. The van der Waals surface area contributed by atoms with Gasteiger partial charge in [-0.05, 0) is 30.9 Å². The molecule has 1 aromatic heterocycles. The Kier molecular flexibility index (Phi) is 3.28. The predicted molar refractivity (Wildman–Crippen MR) is 77.2 cm³/mol. The van der Waals surface area contributed by atoms with Crippen LogP contribution >= 0.6 is 0 Å². The standard InChI is InChI=1S/C16H20N2O/c1-2-13(9-11-7-8-11)17-16(19)15-10-12-5-3-4-6-14(12)18-15/h3-6,10-11,13,18H,2,7-9H2,1H3,(H,17,19). The minimum Gasteiger partial charge on any atom is -0.351 e. The van der Waals surface area contributed by atoms with Crippen molar-refractivity contribution in [2.75, 3.05) is 0 Å². The lowest BCUT2D eigenvalue weighted by atomic mass is 10.1. The van der Waals surface area contributed by atoms with E-state index in [4.69, 9.17) is 0 Å². The fraction of sp³-hybridized carbons (Fsp3) is 0.438. The van der Waals surface area contributed by atoms with Gasteiger partial charge in [-0.25, -0.2) is 0 Å². The lowest BCUT2D eigenvalue weighted by Gasteiger charge is -2.15. The number of H-pyrrole nitrogens is 1. The zero-order chi connectivity index (χ0) is 13.2. The quantitative estimate of drug-likeness (QED) is 0.845. The second-order valence-electron chi connectivity index (χ2n) is 5.53. The Balaban J connectivity index is 1.71. The molecule has 1 atom stereocenters. The number of aromatic nitrogens is 1. The minimum absolute atomic E-state index is 0.0173. The third kappa shape index (κ3) is 2.80. The van der Waals surface area contributed by atoms with E-state index in [2.05, 4.69) is 17.2 Å². The number of aromatic amines is 1. The van der Waals surface area contributed by atoms with Gasteiger partial charge >= 0.3 is 0 Å². The summed E-state index contributed by atoms with van der Waals surface area (Å²) in [4.78, 5) is 15.4. The van der Waals surface area contributed by atoms with E-state index < -0.39 is 0 Å². The maximum absolute atomic E-state index is 12.2. The largest absolute Gasteiger partial charge is 0.351 e. The van der Waals surface area contributed by atoms with E-state index >= 15 is 0 Å². The number of nitrogens with one attached hydrogen (secondary N) is 2. The van der Waals surface area contributed by atoms with Crippen molar-refractivity contribution in [1.29, 1.82) is 0 Å². The van der Waals surface area contributed by atoms with Crippen molar-refractivity contribution < 1.29 is 4.79 Å². The molecule has 3 rings (SSSR count). The van der Waals surface area contributed by atoms with Crippen LogP contribution < -0.4 is 5.32 Å². The van der Waals surface area contributed by atoms with Crippen LogP contribution in [0.25, 0.3) is 10.9 Å². The molecular formula is C16H20N2O. The molecule has 1 unspecified atom stereocenters. The number of hydrogen-bond donors (Lipinski definition) is 2. The second kappa shape index (κ2) is 5.08. The van der Waals surface area contributed by atoms with E-state index in [1.807, 2.05) is 30.3 Å². The van der Waals surface area contributed by atoms with Gasteiger partial charge in [0.1, 0.15) is 5.69 Å². The van der Waals surface area contributed by atoms with Crippen LogP contribution in [-0.2, 0) is 0 Å². The number of rotatable bonds is 5. The molecule has 0 spiro atoms. The summed E-state index contributed by atoms with van der Waals surface area (Å²) in [5.74, 6) is 0.858. The van der Waals surface area contributed by atoms with Gasteiger partial charge in [0, 0.05) is 16.9 Å². The molecule has 1 amide bonds. The number of para-hydroxylation sites is 1. The van der Waals surface area contributed by atoms with Gasteiger partial charge in [-0.1, -0.05) is 38.0 Å². The Labute approximate surface area is 113 Å². The molecule has 3 heteroatoms. The first-order valence-electron chi connectivity index (χ1n) is 7.15. The summed E-state index contributed by atoms with van der Waals surface area (Å²) in [6, 6.07) is 10.2. The summed E-state index contributed by atoms with van der Waals surface area (Å²) in [5.41, 5.74) is 1.68. The third-order valence-corrected chi connectivity index (χ3v) is 3.92. The van der Waals surface area contributed by atoms with Crippen LogP contribution in [-0.4, -0.2) is 16.9 Å².